The molecule has 0 saturated carbocycles. The Morgan fingerprint density at radius 1 is 1.10 bits per heavy atom. The summed E-state index contributed by atoms with van der Waals surface area (Å²) in [5.74, 6) is 0.487. The predicted octanol–water partition coefficient (Wildman–Crippen LogP) is 4.35. The number of halogens is 1. The topological polar surface area (TPSA) is 52.0 Å². The van der Waals surface area contributed by atoms with Crippen molar-refractivity contribution in [1.82, 2.24) is 5.16 Å². The van der Waals surface area contributed by atoms with Crippen LogP contribution in [-0.2, 0) is 0 Å². The van der Waals surface area contributed by atoms with E-state index in [1.54, 1.807) is 0 Å². The summed E-state index contributed by atoms with van der Waals surface area (Å²) < 4.78 is 19.0. The minimum Gasteiger partial charge on any atom is -0.380 e. The Morgan fingerprint density at radius 3 is 2.57 bits per heavy atom. The molecule has 0 atom stereocenters. The van der Waals surface area contributed by atoms with Gasteiger partial charge in [-0.1, -0.05) is 29.4 Å². The van der Waals surface area contributed by atoms with Crippen molar-refractivity contribution in [3.63, 3.8) is 0 Å². The van der Waals surface area contributed by atoms with E-state index in [-0.39, 0.29) is 5.82 Å². The van der Waals surface area contributed by atoms with Gasteiger partial charge in [0.15, 0.2) is 11.6 Å². The van der Waals surface area contributed by atoms with Crippen LogP contribution in [0.3, 0.4) is 0 Å². The van der Waals surface area contributed by atoms with Crippen molar-refractivity contribution < 1.29 is 8.91 Å². The van der Waals surface area contributed by atoms with Gasteiger partial charge < -0.3 is 10.3 Å². The van der Waals surface area contributed by atoms with E-state index in [0.717, 1.165) is 16.7 Å². The second-order valence-electron chi connectivity index (χ2n) is 5.10. The zero-order valence-corrected chi connectivity index (χ0v) is 11.9. The maximum absolute atomic E-state index is 13.6. The molecule has 0 saturated heterocycles. The molecule has 0 unspecified atom stereocenters. The smallest absolute Gasteiger partial charge is 0.177 e. The van der Waals surface area contributed by atoms with Crippen LogP contribution in [0.15, 0.2) is 47.0 Å². The highest BCUT2D eigenvalue weighted by molar-refractivity contribution is 5.87. The van der Waals surface area contributed by atoms with Gasteiger partial charge in [-0.15, -0.1) is 0 Å². The van der Waals surface area contributed by atoms with E-state index < -0.39 is 0 Å². The Bertz CT molecular complexity index is 788. The average molecular weight is 282 g/mol. The van der Waals surface area contributed by atoms with Crippen molar-refractivity contribution in [2.45, 2.75) is 13.8 Å². The van der Waals surface area contributed by atoms with Gasteiger partial charge in [0.2, 0.25) is 0 Å². The van der Waals surface area contributed by atoms with Crippen LogP contribution in [0, 0.1) is 19.7 Å². The first-order chi connectivity index (χ1) is 10.1. The molecule has 2 aromatic carbocycles. The standard InChI is InChI=1S/C17H15FN2O/c1-10-7-12(9-13(18)8-10)16-15(17(19)20-21-16)14-6-4-3-5-11(14)2/h3-9H,1-2H3,(H2,19,20). The molecule has 1 aromatic heterocycles. The van der Waals surface area contributed by atoms with Gasteiger partial charge in [-0.25, -0.2) is 4.39 Å². The number of hydrogen-bond acceptors (Lipinski definition) is 3. The maximum atomic E-state index is 13.6. The van der Waals surface area contributed by atoms with E-state index in [4.69, 9.17) is 10.3 Å². The van der Waals surface area contributed by atoms with Gasteiger partial charge in [0.25, 0.3) is 0 Å². The molecular weight excluding hydrogens is 267 g/mol. The largest absolute Gasteiger partial charge is 0.380 e. The van der Waals surface area contributed by atoms with E-state index in [2.05, 4.69) is 5.16 Å². The summed E-state index contributed by atoms with van der Waals surface area (Å²) in [6.45, 7) is 3.82. The van der Waals surface area contributed by atoms with Crippen molar-refractivity contribution in [3.05, 3.63) is 59.4 Å². The molecule has 0 aliphatic heterocycles. The number of nitrogen functional groups attached to an aromatic ring is 1. The molecule has 4 heteroatoms. The molecule has 0 aliphatic rings. The van der Waals surface area contributed by atoms with Crippen LogP contribution in [0.4, 0.5) is 10.2 Å². The van der Waals surface area contributed by atoms with Crippen LogP contribution in [-0.4, -0.2) is 5.16 Å². The molecule has 0 amide bonds. The minimum absolute atomic E-state index is 0.307. The highest BCUT2D eigenvalue weighted by atomic mass is 19.1. The third kappa shape index (κ3) is 2.40. The fourth-order valence-corrected chi connectivity index (χ4v) is 2.48. The Hall–Kier alpha value is -2.62. The SMILES string of the molecule is Cc1cc(F)cc(-c2onc(N)c2-c2ccccc2C)c1. The second kappa shape index (κ2) is 5.05. The van der Waals surface area contributed by atoms with Gasteiger partial charge >= 0.3 is 0 Å². The van der Waals surface area contributed by atoms with Gasteiger partial charge in [0.1, 0.15) is 5.82 Å². The summed E-state index contributed by atoms with van der Waals surface area (Å²) >= 11 is 0. The van der Waals surface area contributed by atoms with Gasteiger partial charge in [0.05, 0.1) is 5.56 Å². The Labute approximate surface area is 122 Å². The Morgan fingerprint density at radius 2 is 1.86 bits per heavy atom. The molecule has 21 heavy (non-hydrogen) atoms. The molecule has 0 spiro atoms. The summed E-state index contributed by atoms with van der Waals surface area (Å²) in [4.78, 5) is 0. The quantitative estimate of drug-likeness (QED) is 0.760. The van der Waals surface area contributed by atoms with Crippen LogP contribution < -0.4 is 5.73 Å². The number of benzene rings is 2. The monoisotopic (exact) mass is 282 g/mol. The van der Waals surface area contributed by atoms with Crippen molar-refractivity contribution >= 4 is 5.82 Å². The van der Waals surface area contributed by atoms with Crippen molar-refractivity contribution in [3.8, 4) is 22.5 Å². The lowest BCUT2D eigenvalue weighted by Gasteiger charge is -2.07. The number of anilines is 1. The molecule has 0 aliphatic carbocycles. The lowest BCUT2D eigenvalue weighted by Crippen LogP contribution is -1.91. The summed E-state index contributed by atoms with van der Waals surface area (Å²) in [5.41, 5.74) is 10.1. The Balaban J connectivity index is 2.24. The first kappa shape index (κ1) is 13.4. The summed E-state index contributed by atoms with van der Waals surface area (Å²) in [6, 6.07) is 12.6. The molecule has 0 fully saturated rings. The normalized spacial score (nSPS) is 10.8. The number of nitrogens with two attached hydrogens (primary N) is 1. The predicted molar refractivity (Wildman–Crippen MR) is 81.2 cm³/mol. The van der Waals surface area contributed by atoms with Gasteiger partial charge in [0, 0.05) is 5.56 Å². The van der Waals surface area contributed by atoms with E-state index in [0.29, 0.717) is 22.7 Å². The van der Waals surface area contributed by atoms with Gasteiger partial charge in [-0.3, -0.25) is 0 Å². The maximum Gasteiger partial charge on any atom is 0.177 e. The third-order valence-electron chi connectivity index (χ3n) is 3.44. The first-order valence-corrected chi connectivity index (χ1v) is 6.65. The minimum atomic E-state index is -0.310. The highest BCUT2D eigenvalue weighted by Crippen LogP contribution is 2.38. The molecule has 1 heterocycles. The van der Waals surface area contributed by atoms with Crippen LogP contribution in [0.1, 0.15) is 11.1 Å². The molecule has 0 radical (unpaired) electrons. The lowest BCUT2D eigenvalue weighted by molar-refractivity contribution is 0.435. The van der Waals surface area contributed by atoms with E-state index in [9.17, 15) is 4.39 Å². The Kier molecular flexibility index (Phi) is 3.22. The van der Waals surface area contributed by atoms with Gasteiger partial charge in [-0.05, 0) is 48.7 Å². The van der Waals surface area contributed by atoms with Crippen molar-refractivity contribution in [2.24, 2.45) is 0 Å². The molecular formula is C17H15FN2O. The van der Waals surface area contributed by atoms with E-state index in [1.807, 2.05) is 44.2 Å². The van der Waals surface area contributed by atoms with E-state index in [1.165, 1.54) is 12.1 Å². The zero-order valence-electron chi connectivity index (χ0n) is 11.9. The molecule has 3 nitrogen and oxygen atoms in total. The van der Waals surface area contributed by atoms with Crippen LogP contribution in [0.5, 0.6) is 0 Å². The van der Waals surface area contributed by atoms with Gasteiger partial charge in [-0.2, -0.15) is 0 Å². The zero-order chi connectivity index (χ0) is 15.0. The molecule has 3 rings (SSSR count). The fourth-order valence-electron chi connectivity index (χ4n) is 2.48. The summed E-state index contributed by atoms with van der Waals surface area (Å²) in [6.07, 6.45) is 0. The molecule has 0 bridgehead atoms. The van der Waals surface area contributed by atoms with Crippen molar-refractivity contribution in [2.75, 3.05) is 5.73 Å². The van der Waals surface area contributed by atoms with Crippen LogP contribution >= 0.6 is 0 Å². The van der Waals surface area contributed by atoms with Crippen LogP contribution in [0.2, 0.25) is 0 Å². The highest BCUT2D eigenvalue weighted by Gasteiger charge is 2.19. The summed E-state index contributed by atoms with van der Waals surface area (Å²) in [7, 11) is 0. The second-order valence-corrected chi connectivity index (χ2v) is 5.10. The number of aromatic nitrogens is 1. The first-order valence-electron chi connectivity index (χ1n) is 6.65. The lowest BCUT2D eigenvalue weighted by atomic mass is 9.97. The fraction of sp³-hybridized carbons (Fsp3) is 0.118. The molecule has 106 valence electrons. The number of nitrogens with zero attached hydrogens (tertiary/aromatic N) is 1. The van der Waals surface area contributed by atoms with E-state index >= 15 is 0 Å². The van der Waals surface area contributed by atoms with Crippen LogP contribution in [0.25, 0.3) is 22.5 Å². The number of rotatable bonds is 2. The summed E-state index contributed by atoms with van der Waals surface area (Å²) in [5, 5.41) is 3.85. The average Bonchev–Trinajstić information content (AvgIpc) is 2.80. The number of aryl methyl sites for hydroxylation is 2. The third-order valence-corrected chi connectivity index (χ3v) is 3.44. The number of hydrogen-bond donors (Lipinski definition) is 1. The molecule has 2 N–H and O–H groups in total. The van der Waals surface area contributed by atoms with Crippen molar-refractivity contribution in [1.29, 1.82) is 0 Å². The molecule has 3 aromatic rings.